The molecule has 0 saturated carbocycles. The van der Waals surface area contributed by atoms with Crippen LogP contribution in [0.5, 0.6) is 0 Å². The fourth-order valence-corrected chi connectivity index (χ4v) is 4.37. The van der Waals surface area contributed by atoms with Crippen LogP contribution in [-0.4, -0.2) is 49.3 Å². The normalized spacial score (nSPS) is 16.8. The van der Waals surface area contributed by atoms with Crippen LogP contribution in [0.3, 0.4) is 0 Å². The molecule has 2 N–H and O–H groups in total. The van der Waals surface area contributed by atoms with Gasteiger partial charge in [0.15, 0.2) is 5.96 Å². The number of aliphatic imine (C=N–C) groups is 1. The molecule has 2 rings (SSSR count). The van der Waals surface area contributed by atoms with Crippen LogP contribution in [0.1, 0.15) is 37.8 Å². The molecule has 0 amide bonds. The predicted molar refractivity (Wildman–Crippen MR) is 125 cm³/mol. The van der Waals surface area contributed by atoms with Gasteiger partial charge in [0.25, 0.3) is 0 Å². The van der Waals surface area contributed by atoms with Crippen LogP contribution in [0.25, 0.3) is 0 Å². The summed E-state index contributed by atoms with van der Waals surface area (Å²) in [5, 5.41) is 6.54. The van der Waals surface area contributed by atoms with Crippen molar-refractivity contribution in [2.75, 3.05) is 38.6 Å². The number of nitrogens with one attached hydrogen (secondary N) is 2. The van der Waals surface area contributed by atoms with Crippen LogP contribution in [-0.2, 0) is 17.3 Å². The SMILES string of the molecule is CCNC(=NCC1(SCC)CCOCC1)NCCc1ccc(C(F)(F)F)cc1.I. The summed E-state index contributed by atoms with van der Waals surface area (Å²) in [4.78, 5) is 4.77. The molecule has 9 heteroatoms. The molecule has 29 heavy (non-hydrogen) atoms. The average Bonchev–Trinajstić information content (AvgIpc) is 2.67. The topological polar surface area (TPSA) is 45.7 Å². The summed E-state index contributed by atoms with van der Waals surface area (Å²) >= 11 is 1.95. The molecule has 0 spiro atoms. The van der Waals surface area contributed by atoms with Crippen molar-refractivity contribution in [3.63, 3.8) is 0 Å². The molecule has 1 aliphatic heterocycles. The van der Waals surface area contributed by atoms with Gasteiger partial charge < -0.3 is 15.4 Å². The van der Waals surface area contributed by atoms with Crippen molar-refractivity contribution >= 4 is 41.7 Å². The minimum absolute atomic E-state index is 0. The van der Waals surface area contributed by atoms with E-state index in [1.807, 2.05) is 18.7 Å². The second-order valence-corrected chi connectivity index (χ2v) is 8.53. The van der Waals surface area contributed by atoms with E-state index >= 15 is 0 Å². The lowest BCUT2D eigenvalue weighted by Crippen LogP contribution is -2.41. The van der Waals surface area contributed by atoms with E-state index in [1.165, 1.54) is 12.1 Å². The third-order valence-corrected chi connectivity index (χ3v) is 6.15. The Balaban J connectivity index is 0.00000420. The highest BCUT2D eigenvalue weighted by Crippen LogP contribution is 2.35. The van der Waals surface area contributed by atoms with Crippen molar-refractivity contribution in [3.8, 4) is 0 Å². The molecule has 1 aliphatic rings. The number of hydrogen-bond acceptors (Lipinski definition) is 3. The fraction of sp³-hybridized carbons (Fsp3) is 0.650. The van der Waals surface area contributed by atoms with E-state index in [0.717, 1.165) is 68.6 Å². The number of benzene rings is 1. The Bertz CT molecular complexity index is 615. The van der Waals surface area contributed by atoms with Gasteiger partial charge in [0.05, 0.1) is 12.1 Å². The van der Waals surface area contributed by atoms with E-state index in [1.54, 1.807) is 0 Å². The van der Waals surface area contributed by atoms with Gasteiger partial charge in [-0.2, -0.15) is 24.9 Å². The van der Waals surface area contributed by atoms with Gasteiger partial charge in [0.2, 0.25) is 0 Å². The predicted octanol–water partition coefficient (Wildman–Crippen LogP) is 4.72. The van der Waals surface area contributed by atoms with Gasteiger partial charge in [-0.05, 0) is 49.6 Å². The number of nitrogens with zero attached hydrogens (tertiary/aromatic N) is 1. The fourth-order valence-electron chi connectivity index (χ4n) is 3.15. The van der Waals surface area contributed by atoms with E-state index in [9.17, 15) is 13.2 Å². The number of hydrogen-bond donors (Lipinski definition) is 2. The molecule has 0 radical (unpaired) electrons. The molecule has 0 bridgehead atoms. The second kappa shape index (κ2) is 12.9. The number of ether oxygens (including phenoxy) is 1. The van der Waals surface area contributed by atoms with Crippen molar-refractivity contribution in [1.29, 1.82) is 0 Å². The number of thioether (sulfide) groups is 1. The van der Waals surface area contributed by atoms with Crippen LogP contribution in [0.15, 0.2) is 29.3 Å². The van der Waals surface area contributed by atoms with E-state index in [2.05, 4.69) is 17.6 Å². The lowest BCUT2D eigenvalue weighted by Gasteiger charge is -2.35. The first-order chi connectivity index (χ1) is 13.4. The van der Waals surface area contributed by atoms with Crippen LogP contribution < -0.4 is 10.6 Å². The lowest BCUT2D eigenvalue weighted by atomic mass is 9.99. The van der Waals surface area contributed by atoms with Gasteiger partial charge in [-0.3, -0.25) is 4.99 Å². The standard InChI is InChI=1S/C20H30F3N3OS.HI/c1-3-24-18(26-15-19(28-4-2)10-13-27-14-11-19)25-12-9-16-5-7-17(8-6-16)20(21,22)23;/h5-8H,3-4,9-15H2,1-2H3,(H2,24,25,26);1H. The number of halogens is 4. The molecule has 166 valence electrons. The zero-order chi connectivity index (χ0) is 20.5. The molecular formula is C20H31F3IN3OS. The first kappa shape index (κ1) is 26.4. The molecule has 0 unspecified atom stereocenters. The first-order valence-electron chi connectivity index (χ1n) is 9.78. The summed E-state index contributed by atoms with van der Waals surface area (Å²) < 4.78 is 43.6. The highest BCUT2D eigenvalue weighted by molar-refractivity contribution is 14.0. The van der Waals surface area contributed by atoms with Gasteiger partial charge >= 0.3 is 6.18 Å². The molecular weight excluding hydrogens is 514 g/mol. The Kier molecular flexibility index (Phi) is 11.7. The van der Waals surface area contributed by atoms with Gasteiger partial charge in [0.1, 0.15) is 0 Å². The van der Waals surface area contributed by atoms with Crippen LogP contribution in [0, 0.1) is 0 Å². The quantitative estimate of drug-likeness (QED) is 0.282. The Hall–Kier alpha value is -0.680. The summed E-state index contributed by atoms with van der Waals surface area (Å²) in [6, 6.07) is 5.32. The Morgan fingerprint density at radius 3 is 2.34 bits per heavy atom. The van der Waals surface area contributed by atoms with Gasteiger partial charge in [-0.1, -0.05) is 19.1 Å². The van der Waals surface area contributed by atoms with Gasteiger partial charge in [-0.15, -0.1) is 24.0 Å². The van der Waals surface area contributed by atoms with E-state index < -0.39 is 11.7 Å². The Morgan fingerprint density at radius 2 is 1.79 bits per heavy atom. The molecule has 1 aromatic carbocycles. The smallest absolute Gasteiger partial charge is 0.381 e. The van der Waals surface area contributed by atoms with E-state index in [4.69, 9.17) is 9.73 Å². The minimum atomic E-state index is -4.29. The number of guanidine groups is 1. The van der Waals surface area contributed by atoms with Crippen molar-refractivity contribution in [1.82, 2.24) is 10.6 Å². The van der Waals surface area contributed by atoms with Gasteiger partial charge in [-0.25, -0.2) is 0 Å². The van der Waals surface area contributed by atoms with Crippen LogP contribution in [0.2, 0.25) is 0 Å². The molecule has 1 heterocycles. The van der Waals surface area contributed by atoms with Crippen molar-refractivity contribution < 1.29 is 17.9 Å². The highest BCUT2D eigenvalue weighted by atomic mass is 127. The molecule has 4 nitrogen and oxygen atoms in total. The van der Waals surface area contributed by atoms with Crippen molar-refractivity contribution in [2.45, 2.75) is 44.0 Å². The number of rotatable bonds is 8. The second-order valence-electron chi connectivity index (χ2n) is 6.80. The summed E-state index contributed by atoms with van der Waals surface area (Å²) in [7, 11) is 0. The summed E-state index contributed by atoms with van der Waals surface area (Å²) in [6.07, 6.45) is -1.66. The van der Waals surface area contributed by atoms with Crippen LogP contribution >= 0.6 is 35.7 Å². The largest absolute Gasteiger partial charge is 0.416 e. The summed E-state index contributed by atoms with van der Waals surface area (Å²) in [6.45, 7) is 7.82. The Morgan fingerprint density at radius 1 is 1.14 bits per heavy atom. The number of alkyl halides is 3. The third kappa shape index (κ3) is 8.92. The maximum atomic E-state index is 12.6. The monoisotopic (exact) mass is 545 g/mol. The molecule has 1 aromatic rings. The maximum absolute atomic E-state index is 12.6. The third-order valence-electron chi connectivity index (χ3n) is 4.71. The maximum Gasteiger partial charge on any atom is 0.416 e. The van der Waals surface area contributed by atoms with Crippen molar-refractivity contribution in [2.24, 2.45) is 4.99 Å². The minimum Gasteiger partial charge on any atom is -0.381 e. The highest BCUT2D eigenvalue weighted by Gasteiger charge is 2.32. The van der Waals surface area contributed by atoms with E-state index in [0.29, 0.717) is 13.0 Å². The molecule has 0 aromatic heterocycles. The first-order valence-corrected chi connectivity index (χ1v) is 10.8. The average molecular weight is 545 g/mol. The molecule has 1 fully saturated rings. The zero-order valence-electron chi connectivity index (χ0n) is 17.0. The molecule has 0 aliphatic carbocycles. The van der Waals surface area contributed by atoms with Gasteiger partial charge in [0, 0.05) is 31.1 Å². The molecule has 1 saturated heterocycles. The lowest BCUT2D eigenvalue weighted by molar-refractivity contribution is -0.137. The summed E-state index contributed by atoms with van der Waals surface area (Å²) in [5.41, 5.74) is 0.244. The zero-order valence-corrected chi connectivity index (χ0v) is 20.1. The summed E-state index contributed by atoms with van der Waals surface area (Å²) in [5.74, 6) is 1.80. The Labute approximate surface area is 192 Å². The van der Waals surface area contributed by atoms with E-state index in [-0.39, 0.29) is 28.7 Å². The van der Waals surface area contributed by atoms with Crippen LogP contribution in [0.4, 0.5) is 13.2 Å². The van der Waals surface area contributed by atoms with Crippen molar-refractivity contribution in [3.05, 3.63) is 35.4 Å². The molecule has 0 atom stereocenters.